The van der Waals surface area contributed by atoms with Crippen LogP contribution in [0.2, 0.25) is 0 Å². The summed E-state index contributed by atoms with van der Waals surface area (Å²) in [6, 6.07) is 11.8. The molecular weight excluding hydrogens is 516 g/mol. The minimum Gasteiger partial charge on any atom is -0.472 e. The molecule has 202 valence electrons. The molecule has 5 rings (SSSR count). The lowest BCUT2D eigenvalue weighted by atomic mass is 9.95. The molecule has 10 nitrogen and oxygen atoms in total. The Morgan fingerprint density at radius 1 is 1.03 bits per heavy atom. The average Bonchev–Trinajstić information content (AvgIpc) is 3.37. The van der Waals surface area contributed by atoms with Gasteiger partial charge in [-0.15, -0.1) is 0 Å². The van der Waals surface area contributed by atoms with Crippen LogP contribution >= 0.6 is 0 Å². The highest BCUT2D eigenvalue weighted by Gasteiger charge is 2.27. The first-order valence-corrected chi connectivity index (χ1v) is 14.1. The van der Waals surface area contributed by atoms with Gasteiger partial charge in [0.05, 0.1) is 28.9 Å². The molecule has 1 amide bonds. The van der Waals surface area contributed by atoms with Gasteiger partial charge in [-0.1, -0.05) is 24.3 Å². The molecule has 0 spiro atoms. The zero-order valence-corrected chi connectivity index (χ0v) is 23.2. The van der Waals surface area contributed by atoms with E-state index in [-0.39, 0.29) is 34.9 Å². The van der Waals surface area contributed by atoms with Gasteiger partial charge >= 0.3 is 0 Å². The summed E-state index contributed by atoms with van der Waals surface area (Å²) in [4.78, 5) is 22.0. The van der Waals surface area contributed by atoms with E-state index in [1.54, 1.807) is 12.3 Å². The smallest absolute Gasteiger partial charge is 0.264 e. The quantitative estimate of drug-likeness (QED) is 0.387. The van der Waals surface area contributed by atoms with E-state index < -0.39 is 22.0 Å². The Labute approximate surface area is 227 Å². The number of hydrogen-bond donors (Lipinski definition) is 2. The largest absolute Gasteiger partial charge is 0.472 e. The molecule has 0 aliphatic carbocycles. The van der Waals surface area contributed by atoms with Crippen LogP contribution in [-0.4, -0.2) is 46.7 Å². The Bertz CT molecular complexity index is 1660. The van der Waals surface area contributed by atoms with E-state index in [0.29, 0.717) is 11.3 Å². The zero-order valence-electron chi connectivity index (χ0n) is 22.4. The first-order valence-electron chi connectivity index (χ1n) is 12.6. The van der Waals surface area contributed by atoms with Crippen molar-refractivity contribution in [3.63, 3.8) is 0 Å². The molecule has 0 saturated heterocycles. The van der Waals surface area contributed by atoms with Crippen LogP contribution in [0.3, 0.4) is 0 Å². The van der Waals surface area contributed by atoms with Gasteiger partial charge in [-0.3, -0.25) is 9.48 Å². The van der Waals surface area contributed by atoms with Crippen molar-refractivity contribution in [1.82, 2.24) is 25.1 Å². The van der Waals surface area contributed by atoms with Crippen molar-refractivity contribution in [3.05, 3.63) is 71.5 Å². The molecule has 3 heterocycles. The zero-order chi connectivity index (χ0) is 27.9. The fourth-order valence-electron chi connectivity index (χ4n) is 4.50. The maximum Gasteiger partial charge on any atom is 0.264 e. The van der Waals surface area contributed by atoms with Crippen LogP contribution in [-0.2, 0) is 10.0 Å². The fraction of sp³-hybridized carbons (Fsp3) is 0.286. The number of aryl methyl sites for hydroxylation is 2. The third kappa shape index (κ3) is 5.22. The fourth-order valence-corrected chi connectivity index (χ4v) is 5.49. The van der Waals surface area contributed by atoms with Gasteiger partial charge in [0.25, 0.3) is 15.9 Å². The molecule has 4 aromatic rings. The molecule has 4 bridgehead atoms. The number of anilines is 1. The predicted octanol–water partition coefficient (Wildman–Crippen LogP) is 4.52. The van der Waals surface area contributed by atoms with Crippen LogP contribution in [0.25, 0.3) is 22.4 Å². The highest BCUT2D eigenvalue weighted by Crippen LogP contribution is 2.41. The first-order chi connectivity index (χ1) is 18.5. The van der Waals surface area contributed by atoms with Gasteiger partial charge in [-0.25, -0.2) is 18.1 Å². The Morgan fingerprint density at radius 3 is 2.44 bits per heavy atom. The standard InChI is InChI=1S/C28H30N6O4S/c1-16(2)34-15-21(14-30-34)24-25(23-17(3)8-6-9-18(23)4)31-28-32-27(24)38-19(5)13-29-26(35)20-10-7-11-22(12-20)39(36,37)33-28/h6-12,14-16,19H,13H2,1-5H3,(H,29,35)(H,31,32,33)/t19-/m1/s1. The lowest BCUT2D eigenvalue weighted by Gasteiger charge is -2.20. The van der Waals surface area contributed by atoms with Crippen molar-refractivity contribution < 1.29 is 17.9 Å². The Balaban J connectivity index is 1.79. The van der Waals surface area contributed by atoms with Gasteiger partial charge in [0.15, 0.2) is 0 Å². The number of aromatic nitrogens is 4. The minimum absolute atomic E-state index is 0.0792. The molecule has 2 N–H and O–H groups in total. The topological polar surface area (TPSA) is 128 Å². The summed E-state index contributed by atoms with van der Waals surface area (Å²) in [5.41, 5.74) is 4.78. The molecule has 0 saturated carbocycles. The Hall–Kier alpha value is -4.25. The maximum absolute atomic E-state index is 13.4. The molecule has 1 aliphatic heterocycles. The normalized spacial score (nSPS) is 16.8. The van der Waals surface area contributed by atoms with Crippen molar-refractivity contribution >= 4 is 21.9 Å². The number of nitrogens with one attached hydrogen (secondary N) is 2. The van der Waals surface area contributed by atoms with Gasteiger partial charge in [-0.05, 0) is 63.9 Å². The highest BCUT2D eigenvalue weighted by atomic mass is 32.2. The number of ether oxygens (including phenoxy) is 1. The maximum atomic E-state index is 13.4. The lowest BCUT2D eigenvalue weighted by Crippen LogP contribution is -2.33. The van der Waals surface area contributed by atoms with E-state index in [1.807, 2.05) is 63.7 Å². The minimum atomic E-state index is -4.13. The Morgan fingerprint density at radius 2 is 1.74 bits per heavy atom. The van der Waals surface area contributed by atoms with E-state index in [4.69, 9.17) is 9.72 Å². The summed E-state index contributed by atoms with van der Waals surface area (Å²) in [6.07, 6.45) is 3.11. The molecule has 1 atom stereocenters. The number of rotatable bonds is 3. The van der Waals surface area contributed by atoms with Gasteiger partial charge in [-0.2, -0.15) is 10.1 Å². The summed E-state index contributed by atoms with van der Waals surface area (Å²) in [6.45, 7) is 9.98. The molecule has 39 heavy (non-hydrogen) atoms. The van der Waals surface area contributed by atoms with Crippen LogP contribution in [0, 0.1) is 13.8 Å². The number of carbonyl (C=O) groups is 1. The van der Waals surface area contributed by atoms with Crippen LogP contribution in [0.15, 0.2) is 59.8 Å². The molecular formula is C28H30N6O4S. The van der Waals surface area contributed by atoms with E-state index in [0.717, 1.165) is 22.3 Å². The van der Waals surface area contributed by atoms with Crippen LogP contribution in [0.1, 0.15) is 48.3 Å². The highest BCUT2D eigenvalue weighted by molar-refractivity contribution is 7.92. The lowest BCUT2D eigenvalue weighted by molar-refractivity contribution is 0.0931. The van der Waals surface area contributed by atoms with Crippen molar-refractivity contribution in [1.29, 1.82) is 0 Å². The molecule has 2 aromatic carbocycles. The Kier molecular flexibility index (Phi) is 6.85. The predicted molar refractivity (Wildman–Crippen MR) is 148 cm³/mol. The van der Waals surface area contributed by atoms with Gasteiger partial charge < -0.3 is 10.1 Å². The summed E-state index contributed by atoms with van der Waals surface area (Å²) in [7, 11) is -4.13. The van der Waals surface area contributed by atoms with E-state index in [2.05, 4.69) is 20.1 Å². The molecule has 11 heteroatoms. The number of amides is 1. The molecule has 1 aliphatic rings. The monoisotopic (exact) mass is 546 g/mol. The molecule has 2 aromatic heterocycles. The van der Waals surface area contributed by atoms with Crippen molar-refractivity contribution in [2.24, 2.45) is 0 Å². The van der Waals surface area contributed by atoms with Crippen LogP contribution in [0.5, 0.6) is 5.88 Å². The summed E-state index contributed by atoms with van der Waals surface area (Å²) in [5, 5.41) is 7.33. The average molecular weight is 547 g/mol. The van der Waals surface area contributed by atoms with Crippen LogP contribution in [0.4, 0.5) is 5.95 Å². The number of fused-ring (bicyclic) bond motifs is 4. The number of benzene rings is 2. The molecule has 0 radical (unpaired) electrons. The number of sulfonamides is 1. The second-order valence-corrected chi connectivity index (χ2v) is 11.6. The SMILES string of the molecule is Cc1cccc(C)c1-c1nc2nc(c1-c1cnn(C(C)C)c1)O[C@H](C)CNC(=O)c1cccc(c1)S(=O)(=O)N2. The van der Waals surface area contributed by atoms with Crippen molar-refractivity contribution in [3.8, 4) is 28.3 Å². The van der Waals surface area contributed by atoms with Gasteiger partial charge in [0.2, 0.25) is 11.8 Å². The van der Waals surface area contributed by atoms with Gasteiger partial charge in [0, 0.05) is 28.9 Å². The summed E-state index contributed by atoms with van der Waals surface area (Å²) < 4.78 is 37.4. The molecule has 0 unspecified atom stereocenters. The van der Waals surface area contributed by atoms with Crippen LogP contribution < -0.4 is 14.8 Å². The summed E-state index contributed by atoms with van der Waals surface area (Å²) >= 11 is 0. The second kappa shape index (κ2) is 10.1. The van der Waals surface area contributed by atoms with E-state index in [1.165, 1.54) is 18.2 Å². The van der Waals surface area contributed by atoms with Crippen molar-refractivity contribution in [2.45, 2.75) is 51.7 Å². The second-order valence-electron chi connectivity index (χ2n) is 9.92. The third-order valence-electron chi connectivity index (χ3n) is 6.51. The summed E-state index contributed by atoms with van der Waals surface area (Å²) in [5.74, 6) is -0.371. The number of nitrogens with zero attached hydrogens (tertiary/aromatic N) is 4. The number of carbonyl (C=O) groups excluding carboxylic acids is 1. The van der Waals surface area contributed by atoms with E-state index >= 15 is 0 Å². The van der Waals surface area contributed by atoms with E-state index in [9.17, 15) is 13.2 Å². The third-order valence-corrected chi connectivity index (χ3v) is 7.83. The van der Waals surface area contributed by atoms with Gasteiger partial charge in [0.1, 0.15) is 6.10 Å². The molecule has 0 fully saturated rings. The first kappa shape index (κ1) is 26.4. The number of hydrogen-bond acceptors (Lipinski definition) is 7. The van der Waals surface area contributed by atoms with Crippen molar-refractivity contribution in [2.75, 3.05) is 11.3 Å².